The first-order valence-electron chi connectivity index (χ1n) is 4.81. The van der Waals surface area contributed by atoms with E-state index >= 15 is 0 Å². The fourth-order valence-corrected chi connectivity index (χ4v) is 2.47. The highest BCUT2D eigenvalue weighted by atomic mass is 15.5. The predicted octanol–water partition coefficient (Wildman–Crippen LogP) is 0.541. The van der Waals surface area contributed by atoms with Gasteiger partial charge in [-0.2, -0.15) is 0 Å². The van der Waals surface area contributed by atoms with Gasteiger partial charge in [-0.1, -0.05) is 0 Å². The quantitative estimate of drug-likeness (QED) is 0.500. The molecule has 0 radical (unpaired) electrons. The van der Waals surface area contributed by atoms with E-state index in [4.69, 9.17) is 0 Å². The number of piperazine rings is 3. The van der Waals surface area contributed by atoms with Gasteiger partial charge in [0.1, 0.15) is 0 Å². The summed E-state index contributed by atoms with van der Waals surface area (Å²) in [6.07, 6.45) is 0. The molecular weight excluding hydrogens is 136 g/mol. The first-order chi connectivity index (χ1) is 5.23. The molecule has 0 aliphatic carbocycles. The number of hydrogen-bond donors (Lipinski definition) is 0. The molecule has 3 saturated heterocycles. The summed E-state index contributed by atoms with van der Waals surface area (Å²) in [7, 11) is 0. The maximum Gasteiger partial charge on any atom is 0.0918 e. The van der Waals surface area contributed by atoms with E-state index in [1.807, 2.05) is 0 Å². The molecule has 0 spiro atoms. The topological polar surface area (TPSA) is 3.24 Å². The highest BCUT2D eigenvalue weighted by Crippen LogP contribution is 2.22. The second-order valence-corrected chi connectivity index (χ2v) is 4.32. The van der Waals surface area contributed by atoms with Crippen molar-refractivity contribution in [1.29, 1.82) is 0 Å². The van der Waals surface area contributed by atoms with Crippen LogP contribution in [0.3, 0.4) is 0 Å². The first-order valence-corrected chi connectivity index (χ1v) is 4.81. The third-order valence-electron chi connectivity index (χ3n) is 3.68. The van der Waals surface area contributed by atoms with Crippen molar-refractivity contribution in [2.45, 2.75) is 19.9 Å². The average molecular weight is 155 g/mol. The normalized spacial score (nSPS) is 43.4. The number of rotatable bonds is 1. The van der Waals surface area contributed by atoms with Crippen LogP contribution in [0.25, 0.3) is 0 Å². The van der Waals surface area contributed by atoms with Crippen molar-refractivity contribution in [3.63, 3.8) is 0 Å². The summed E-state index contributed by atoms with van der Waals surface area (Å²) in [5.41, 5.74) is 0. The molecule has 11 heavy (non-hydrogen) atoms. The average Bonchev–Trinajstić information content (AvgIpc) is 2.08. The number of hydrogen-bond acceptors (Lipinski definition) is 1. The third kappa shape index (κ3) is 1.09. The smallest absolute Gasteiger partial charge is 0.0918 e. The van der Waals surface area contributed by atoms with Crippen LogP contribution in [0.1, 0.15) is 13.8 Å². The van der Waals surface area contributed by atoms with E-state index < -0.39 is 0 Å². The summed E-state index contributed by atoms with van der Waals surface area (Å²) in [5.74, 6) is 0. The van der Waals surface area contributed by atoms with Crippen molar-refractivity contribution < 1.29 is 4.48 Å². The summed E-state index contributed by atoms with van der Waals surface area (Å²) in [6, 6.07) is 0.845. The Hall–Kier alpha value is -0.0800. The van der Waals surface area contributed by atoms with Crippen LogP contribution in [-0.2, 0) is 0 Å². The van der Waals surface area contributed by atoms with Gasteiger partial charge in [0.15, 0.2) is 0 Å². The Morgan fingerprint density at radius 1 is 1.00 bits per heavy atom. The molecule has 0 atom stereocenters. The molecule has 2 heteroatoms. The number of fused-ring (bicyclic) bond motifs is 3. The van der Waals surface area contributed by atoms with Crippen LogP contribution in [0.2, 0.25) is 0 Å². The van der Waals surface area contributed by atoms with Gasteiger partial charge in [-0.3, -0.25) is 4.90 Å². The van der Waals surface area contributed by atoms with Gasteiger partial charge in [-0.05, 0) is 13.8 Å². The van der Waals surface area contributed by atoms with Crippen LogP contribution in [0.15, 0.2) is 0 Å². The zero-order valence-corrected chi connectivity index (χ0v) is 7.71. The Balaban J connectivity index is 2.12. The van der Waals surface area contributed by atoms with E-state index in [0.717, 1.165) is 6.04 Å². The van der Waals surface area contributed by atoms with E-state index in [1.165, 1.54) is 43.8 Å². The second kappa shape index (κ2) is 2.46. The fourth-order valence-electron chi connectivity index (χ4n) is 2.47. The van der Waals surface area contributed by atoms with Gasteiger partial charge in [0.25, 0.3) is 0 Å². The lowest BCUT2D eigenvalue weighted by atomic mass is 10.1. The fraction of sp³-hybridized carbons (Fsp3) is 1.00. The van der Waals surface area contributed by atoms with Gasteiger partial charge >= 0.3 is 0 Å². The lowest BCUT2D eigenvalue weighted by Crippen LogP contribution is -2.69. The molecule has 0 aromatic heterocycles. The molecule has 0 aromatic carbocycles. The molecule has 0 amide bonds. The van der Waals surface area contributed by atoms with Crippen molar-refractivity contribution in [3.05, 3.63) is 0 Å². The van der Waals surface area contributed by atoms with Gasteiger partial charge in [-0.15, -0.1) is 0 Å². The van der Waals surface area contributed by atoms with Crippen LogP contribution >= 0.6 is 0 Å². The van der Waals surface area contributed by atoms with Crippen LogP contribution in [0.5, 0.6) is 0 Å². The lowest BCUT2D eigenvalue weighted by molar-refractivity contribution is -0.959. The van der Waals surface area contributed by atoms with Crippen molar-refractivity contribution in [2.75, 3.05) is 39.3 Å². The molecular formula is C9H19N2+. The third-order valence-corrected chi connectivity index (χ3v) is 3.68. The molecule has 0 unspecified atom stereocenters. The number of quaternary nitrogens is 1. The zero-order valence-electron chi connectivity index (χ0n) is 7.71. The molecule has 3 fully saturated rings. The molecule has 64 valence electrons. The van der Waals surface area contributed by atoms with Crippen LogP contribution in [0, 0.1) is 0 Å². The SMILES string of the molecule is CC(C)[N+]12CCN(CC1)CC2. The Bertz CT molecular complexity index is 132. The van der Waals surface area contributed by atoms with Gasteiger partial charge in [0.2, 0.25) is 0 Å². The van der Waals surface area contributed by atoms with E-state index in [9.17, 15) is 0 Å². The molecule has 3 heterocycles. The van der Waals surface area contributed by atoms with Gasteiger partial charge in [-0.25, -0.2) is 0 Å². The first kappa shape index (κ1) is 7.56. The monoisotopic (exact) mass is 155 g/mol. The van der Waals surface area contributed by atoms with Gasteiger partial charge in [0, 0.05) is 19.6 Å². The molecule has 3 aliphatic rings. The molecule has 3 aliphatic heterocycles. The highest BCUT2D eigenvalue weighted by Gasteiger charge is 2.40. The van der Waals surface area contributed by atoms with E-state index in [2.05, 4.69) is 18.7 Å². The van der Waals surface area contributed by atoms with Crippen LogP contribution in [0.4, 0.5) is 0 Å². The minimum atomic E-state index is 0.845. The van der Waals surface area contributed by atoms with E-state index in [1.54, 1.807) is 0 Å². The standard InChI is InChI=1S/C9H19N2/c1-9(2)11-6-3-10(4-7-11)5-8-11/h9H,3-8H2,1-2H3/q+1. The number of nitrogens with zero attached hydrogens (tertiary/aromatic N) is 2. The minimum Gasteiger partial charge on any atom is -0.318 e. The van der Waals surface area contributed by atoms with E-state index in [-0.39, 0.29) is 0 Å². The van der Waals surface area contributed by atoms with Crippen molar-refractivity contribution in [3.8, 4) is 0 Å². The van der Waals surface area contributed by atoms with Crippen LogP contribution in [-0.4, -0.2) is 54.7 Å². The minimum absolute atomic E-state index is 0.845. The molecule has 0 N–H and O–H groups in total. The zero-order chi connectivity index (χ0) is 7.90. The van der Waals surface area contributed by atoms with Gasteiger partial charge in [0.05, 0.1) is 25.7 Å². The Morgan fingerprint density at radius 2 is 1.45 bits per heavy atom. The molecule has 2 bridgehead atoms. The summed E-state index contributed by atoms with van der Waals surface area (Å²) in [4.78, 5) is 2.60. The maximum absolute atomic E-state index is 2.60. The molecule has 0 saturated carbocycles. The Morgan fingerprint density at radius 3 is 1.73 bits per heavy atom. The summed E-state index contributed by atoms with van der Waals surface area (Å²) in [5, 5.41) is 0. The largest absolute Gasteiger partial charge is 0.318 e. The van der Waals surface area contributed by atoms with Crippen LogP contribution < -0.4 is 0 Å². The lowest BCUT2D eigenvalue weighted by Gasteiger charge is -2.53. The molecule has 3 rings (SSSR count). The maximum atomic E-state index is 2.60. The Kier molecular flexibility index (Phi) is 1.69. The van der Waals surface area contributed by atoms with Gasteiger partial charge < -0.3 is 4.48 Å². The van der Waals surface area contributed by atoms with Crippen molar-refractivity contribution >= 4 is 0 Å². The summed E-state index contributed by atoms with van der Waals surface area (Å²) < 4.78 is 1.40. The Labute approximate surface area is 69.4 Å². The molecule has 0 aromatic rings. The molecule has 2 nitrogen and oxygen atoms in total. The van der Waals surface area contributed by atoms with Crippen molar-refractivity contribution in [2.24, 2.45) is 0 Å². The second-order valence-electron chi connectivity index (χ2n) is 4.32. The van der Waals surface area contributed by atoms with Crippen molar-refractivity contribution in [1.82, 2.24) is 4.90 Å². The summed E-state index contributed by atoms with van der Waals surface area (Å²) in [6.45, 7) is 13.0. The van der Waals surface area contributed by atoms with E-state index in [0.29, 0.717) is 0 Å². The predicted molar refractivity (Wildman–Crippen MR) is 46.4 cm³/mol. The highest BCUT2D eigenvalue weighted by molar-refractivity contribution is 4.71. The summed E-state index contributed by atoms with van der Waals surface area (Å²) >= 11 is 0.